The quantitative estimate of drug-likeness (QED) is 0.527. The van der Waals surface area contributed by atoms with Gasteiger partial charge in [-0.25, -0.2) is 12.8 Å². The summed E-state index contributed by atoms with van der Waals surface area (Å²) in [6.45, 7) is 8.09. The molecule has 1 aromatic heterocycles. The molecule has 0 bridgehead atoms. The molecule has 202 valence electrons. The highest BCUT2D eigenvalue weighted by Gasteiger charge is 2.36. The number of piperidine rings is 1. The van der Waals surface area contributed by atoms with E-state index in [0.717, 1.165) is 32.7 Å². The number of amides is 1. The fraction of sp³-hybridized carbons (Fsp3) is 0.538. The third-order valence-corrected chi connectivity index (χ3v) is 9.16. The average molecular weight is 535 g/mol. The summed E-state index contributed by atoms with van der Waals surface area (Å²) in [6, 6.07) is 6.55. The molecule has 2 fully saturated rings. The number of nitrogens with zero attached hydrogens (tertiary/aromatic N) is 3. The monoisotopic (exact) mass is 534 g/mol. The van der Waals surface area contributed by atoms with Crippen LogP contribution < -0.4 is 5.32 Å². The van der Waals surface area contributed by atoms with Gasteiger partial charge in [-0.15, -0.1) is 0 Å². The van der Waals surface area contributed by atoms with Gasteiger partial charge in [-0.3, -0.25) is 9.69 Å². The van der Waals surface area contributed by atoms with Gasteiger partial charge >= 0.3 is 0 Å². The van der Waals surface area contributed by atoms with Crippen molar-refractivity contribution in [2.24, 2.45) is 5.92 Å². The number of halogens is 1. The molecule has 11 heteroatoms. The van der Waals surface area contributed by atoms with Crippen molar-refractivity contribution in [3.63, 3.8) is 0 Å². The van der Waals surface area contributed by atoms with Crippen molar-refractivity contribution < 1.29 is 26.9 Å². The first-order chi connectivity index (χ1) is 17.8. The lowest BCUT2D eigenvalue weighted by molar-refractivity contribution is -0.126. The van der Waals surface area contributed by atoms with Gasteiger partial charge in [-0.2, -0.15) is 4.31 Å². The van der Waals surface area contributed by atoms with E-state index in [0.29, 0.717) is 31.0 Å². The van der Waals surface area contributed by atoms with E-state index in [1.807, 2.05) is 0 Å². The number of hydrogen-bond donors (Lipinski definition) is 1. The molecule has 0 unspecified atom stereocenters. The van der Waals surface area contributed by atoms with Crippen molar-refractivity contribution in [2.75, 3.05) is 45.9 Å². The Bertz CT molecular complexity index is 1200. The zero-order valence-corrected chi connectivity index (χ0v) is 22.2. The summed E-state index contributed by atoms with van der Waals surface area (Å²) in [5.74, 6) is -0.625. The van der Waals surface area contributed by atoms with Crippen LogP contribution >= 0.6 is 0 Å². The van der Waals surface area contributed by atoms with E-state index in [2.05, 4.69) is 22.3 Å². The summed E-state index contributed by atoms with van der Waals surface area (Å²) in [6.07, 6.45) is 4.62. The van der Waals surface area contributed by atoms with Gasteiger partial charge in [0.15, 0.2) is 10.7 Å². The molecule has 0 spiro atoms. The number of aromatic nitrogens is 1. The van der Waals surface area contributed by atoms with Gasteiger partial charge in [-0.05, 0) is 51.3 Å². The van der Waals surface area contributed by atoms with Crippen molar-refractivity contribution in [3.05, 3.63) is 47.1 Å². The van der Waals surface area contributed by atoms with E-state index in [-0.39, 0.29) is 41.3 Å². The van der Waals surface area contributed by atoms with Crippen LogP contribution in [0.4, 0.5) is 4.39 Å². The lowest BCUT2D eigenvalue weighted by Crippen LogP contribution is -2.45. The smallest absolute Gasteiger partial charge is 0.248 e. The van der Waals surface area contributed by atoms with Crippen molar-refractivity contribution >= 4 is 28.1 Å². The van der Waals surface area contributed by atoms with Crippen LogP contribution in [0.5, 0.6) is 0 Å². The number of morpholine rings is 1. The Morgan fingerprint density at radius 3 is 2.59 bits per heavy atom. The zero-order chi connectivity index (χ0) is 26.4. The Kier molecular flexibility index (Phi) is 9.12. The number of aryl methyl sites for hydroxylation is 1. The Balaban J connectivity index is 1.32. The maximum Gasteiger partial charge on any atom is 0.248 e. The minimum atomic E-state index is -3.90. The van der Waals surface area contributed by atoms with Gasteiger partial charge in [0.2, 0.25) is 15.9 Å². The number of carbonyl (C=O) groups excluding carboxylic acids is 1. The Hall–Kier alpha value is -2.60. The van der Waals surface area contributed by atoms with Crippen molar-refractivity contribution in [1.82, 2.24) is 19.7 Å². The molecule has 3 heterocycles. The van der Waals surface area contributed by atoms with Crippen molar-refractivity contribution in [2.45, 2.75) is 44.0 Å². The Labute approximate surface area is 217 Å². The molecule has 2 aliphatic rings. The molecule has 9 nitrogen and oxygen atoms in total. The normalized spacial score (nSPS) is 19.3. The Morgan fingerprint density at radius 1 is 1.19 bits per heavy atom. The minimum absolute atomic E-state index is 0.0270. The highest BCUT2D eigenvalue weighted by Crippen LogP contribution is 2.29. The van der Waals surface area contributed by atoms with Crippen LogP contribution in [0, 0.1) is 18.7 Å². The summed E-state index contributed by atoms with van der Waals surface area (Å²) >= 11 is 0. The summed E-state index contributed by atoms with van der Waals surface area (Å²) in [5.41, 5.74) is 0.550. The van der Waals surface area contributed by atoms with Crippen LogP contribution in [0.25, 0.3) is 12.2 Å². The van der Waals surface area contributed by atoms with Crippen LogP contribution in [0.1, 0.15) is 43.2 Å². The van der Waals surface area contributed by atoms with Gasteiger partial charge in [0, 0.05) is 50.2 Å². The molecule has 1 N–H and O–H groups in total. The molecule has 4 rings (SSSR count). The predicted molar refractivity (Wildman–Crippen MR) is 138 cm³/mol. The molecule has 2 saturated heterocycles. The van der Waals surface area contributed by atoms with E-state index in [9.17, 15) is 17.6 Å². The number of benzene rings is 1. The summed E-state index contributed by atoms with van der Waals surface area (Å²) < 4.78 is 52.9. The third-order valence-electron chi connectivity index (χ3n) is 7.11. The maximum atomic E-state index is 14.0. The first-order valence-corrected chi connectivity index (χ1v) is 14.2. The highest BCUT2D eigenvalue weighted by molar-refractivity contribution is 7.89. The molecule has 37 heavy (non-hydrogen) atoms. The van der Waals surface area contributed by atoms with Crippen LogP contribution in [0.3, 0.4) is 0 Å². The average Bonchev–Trinajstić information content (AvgIpc) is 3.29. The molecule has 0 radical (unpaired) electrons. The summed E-state index contributed by atoms with van der Waals surface area (Å²) in [7, 11) is -3.90. The summed E-state index contributed by atoms with van der Waals surface area (Å²) in [4.78, 5) is 15.1. The second kappa shape index (κ2) is 12.3. The lowest BCUT2D eigenvalue weighted by atomic mass is 9.97. The SMILES string of the molecule is Cc1noc(/C=C/c2ccccc2F)c1S(=O)(=O)N1CCC(C(=O)NCC[C@@H](C)N2CCOCC2)CC1. The molecular formula is C26H35FN4O5S. The van der Waals surface area contributed by atoms with E-state index in [1.54, 1.807) is 25.1 Å². The first kappa shape index (κ1) is 27.4. The minimum Gasteiger partial charge on any atom is -0.379 e. The van der Waals surface area contributed by atoms with E-state index in [4.69, 9.17) is 9.26 Å². The molecule has 1 atom stereocenters. The standard InChI is InChI=1S/C26H35FN4O5S/c1-19(30-15-17-35-18-16-30)9-12-28-26(32)22-10-13-31(14-11-22)37(33,34)25-20(2)29-36-24(25)8-7-21-5-3-4-6-23(21)27/h3-8,19,22H,9-18H2,1-2H3,(H,28,32)/b8-7+/t19-/m1/s1. The van der Waals surface area contributed by atoms with Crippen LogP contribution in [-0.4, -0.2) is 80.7 Å². The number of rotatable bonds is 9. The summed E-state index contributed by atoms with van der Waals surface area (Å²) in [5, 5.41) is 6.87. The van der Waals surface area contributed by atoms with Crippen LogP contribution in [-0.2, 0) is 19.6 Å². The van der Waals surface area contributed by atoms with Gasteiger partial charge in [-0.1, -0.05) is 23.4 Å². The largest absolute Gasteiger partial charge is 0.379 e. The number of sulfonamides is 1. The highest BCUT2D eigenvalue weighted by atomic mass is 32.2. The van der Waals surface area contributed by atoms with Gasteiger partial charge in [0.25, 0.3) is 0 Å². The number of carbonyl (C=O) groups is 1. The van der Waals surface area contributed by atoms with Crippen LogP contribution in [0.2, 0.25) is 0 Å². The van der Waals surface area contributed by atoms with Gasteiger partial charge in [0.1, 0.15) is 11.5 Å². The second-order valence-electron chi connectivity index (χ2n) is 9.57. The first-order valence-electron chi connectivity index (χ1n) is 12.8. The lowest BCUT2D eigenvalue weighted by Gasteiger charge is -2.33. The maximum absolute atomic E-state index is 14.0. The fourth-order valence-corrected chi connectivity index (χ4v) is 6.53. The second-order valence-corrected chi connectivity index (χ2v) is 11.4. The topological polar surface area (TPSA) is 105 Å². The third kappa shape index (κ3) is 6.64. The number of ether oxygens (including phenoxy) is 1. The van der Waals surface area contributed by atoms with E-state index >= 15 is 0 Å². The van der Waals surface area contributed by atoms with E-state index < -0.39 is 15.8 Å². The number of hydrogen-bond acceptors (Lipinski definition) is 7. The van der Waals surface area contributed by atoms with Crippen molar-refractivity contribution in [1.29, 1.82) is 0 Å². The molecule has 2 aliphatic heterocycles. The van der Waals surface area contributed by atoms with Crippen molar-refractivity contribution in [3.8, 4) is 0 Å². The molecule has 1 amide bonds. The zero-order valence-electron chi connectivity index (χ0n) is 21.4. The predicted octanol–water partition coefficient (Wildman–Crippen LogP) is 2.92. The van der Waals surface area contributed by atoms with Gasteiger partial charge in [0.05, 0.1) is 13.2 Å². The molecule has 0 saturated carbocycles. The Morgan fingerprint density at radius 2 is 1.89 bits per heavy atom. The number of nitrogens with one attached hydrogen (secondary N) is 1. The van der Waals surface area contributed by atoms with Crippen LogP contribution in [0.15, 0.2) is 33.7 Å². The molecular weight excluding hydrogens is 499 g/mol. The fourth-order valence-electron chi connectivity index (χ4n) is 4.81. The molecule has 2 aromatic rings. The van der Waals surface area contributed by atoms with E-state index in [1.165, 1.54) is 22.5 Å². The molecule has 0 aliphatic carbocycles. The molecule has 1 aromatic carbocycles. The van der Waals surface area contributed by atoms with Gasteiger partial charge < -0.3 is 14.6 Å².